The lowest BCUT2D eigenvalue weighted by Crippen LogP contribution is -2.44. The normalized spacial score (nSPS) is 14.4. The fourth-order valence-electron chi connectivity index (χ4n) is 3.62. The monoisotopic (exact) mass is 435 g/mol. The highest BCUT2D eigenvalue weighted by molar-refractivity contribution is 5.94. The summed E-state index contributed by atoms with van der Waals surface area (Å²) in [5.74, 6) is 2.19. The van der Waals surface area contributed by atoms with Gasteiger partial charge in [0.15, 0.2) is 0 Å². The Balaban J connectivity index is 1.30. The third kappa shape index (κ3) is 5.26. The largest absolute Gasteiger partial charge is 0.489 e. The summed E-state index contributed by atoms with van der Waals surface area (Å²) in [4.78, 5) is 21.8. The molecular formula is C24H29N5O3. The van der Waals surface area contributed by atoms with E-state index in [-0.39, 0.29) is 5.91 Å². The zero-order chi connectivity index (χ0) is 22.5. The number of aromatic nitrogens is 2. The minimum Gasteiger partial charge on any atom is -0.489 e. The number of rotatable bonds is 7. The fourth-order valence-corrected chi connectivity index (χ4v) is 3.62. The van der Waals surface area contributed by atoms with Crippen LogP contribution in [0.25, 0.3) is 0 Å². The van der Waals surface area contributed by atoms with E-state index in [4.69, 9.17) is 9.26 Å². The molecule has 1 amide bonds. The van der Waals surface area contributed by atoms with Crippen molar-refractivity contribution >= 4 is 11.7 Å². The number of nitrogens with zero attached hydrogens (tertiary/aromatic N) is 4. The smallest absolute Gasteiger partial charge is 0.251 e. The van der Waals surface area contributed by atoms with Crippen LogP contribution in [0.4, 0.5) is 5.82 Å². The van der Waals surface area contributed by atoms with E-state index < -0.39 is 0 Å². The molecule has 8 nitrogen and oxygen atoms in total. The van der Waals surface area contributed by atoms with Gasteiger partial charge in [0, 0.05) is 44.5 Å². The van der Waals surface area contributed by atoms with Crippen LogP contribution in [-0.2, 0) is 13.2 Å². The number of amides is 1. The maximum atomic E-state index is 12.6. The van der Waals surface area contributed by atoms with Crippen molar-refractivity contribution in [3.8, 4) is 5.75 Å². The summed E-state index contributed by atoms with van der Waals surface area (Å²) >= 11 is 0. The predicted molar refractivity (Wildman–Crippen MR) is 122 cm³/mol. The van der Waals surface area contributed by atoms with Crippen molar-refractivity contribution in [2.24, 2.45) is 0 Å². The number of ether oxygens (including phenoxy) is 1. The van der Waals surface area contributed by atoms with Crippen molar-refractivity contribution in [1.82, 2.24) is 20.4 Å². The van der Waals surface area contributed by atoms with E-state index in [1.807, 2.05) is 44.3 Å². The fraction of sp³-hybridized carbons (Fsp3) is 0.375. The van der Waals surface area contributed by atoms with Crippen molar-refractivity contribution in [1.29, 1.82) is 0 Å². The quantitative estimate of drug-likeness (QED) is 0.611. The molecule has 1 aliphatic heterocycles. The van der Waals surface area contributed by atoms with Crippen molar-refractivity contribution in [2.45, 2.75) is 27.0 Å². The molecule has 168 valence electrons. The van der Waals surface area contributed by atoms with Crippen LogP contribution in [0.3, 0.4) is 0 Å². The highest BCUT2D eigenvalue weighted by Gasteiger charge is 2.15. The van der Waals surface area contributed by atoms with Gasteiger partial charge in [0.1, 0.15) is 23.9 Å². The third-order valence-electron chi connectivity index (χ3n) is 5.75. The Kier molecular flexibility index (Phi) is 6.70. The van der Waals surface area contributed by atoms with Gasteiger partial charge in [0.25, 0.3) is 5.91 Å². The van der Waals surface area contributed by atoms with Crippen LogP contribution in [0.1, 0.15) is 32.9 Å². The Morgan fingerprint density at radius 1 is 1.16 bits per heavy atom. The summed E-state index contributed by atoms with van der Waals surface area (Å²) in [6.45, 7) is 8.54. The van der Waals surface area contributed by atoms with E-state index in [1.165, 1.54) is 0 Å². The van der Waals surface area contributed by atoms with Gasteiger partial charge in [-0.15, -0.1) is 0 Å². The summed E-state index contributed by atoms with van der Waals surface area (Å²) in [5.41, 5.74) is 3.24. The van der Waals surface area contributed by atoms with E-state index in [9.17, 15) is 4.79 Å². The SMILES string of the molecule is Cc1noc(C)c1COc1cccc(C(=O)NCc2ccc(N3CCN(C)CC3)nc2)c1. The number of piperazine rings is 1. The number of carbonyl (C=O) groups excluding carboxylic acids is 1. The van der Waals surface area contributed by atoms with Crippen LogP contribution in [0.15, 0.2) is 47.1 Å². The maximum absolute atomic E-state index is 12.6. The molecule has 1 aromatic carbocycles. The second-order valence-corrected chi connectivity index (χ2v) is 8.12. The lowest BCUT2D eigenvalue weighted by Gasteiger charge is -2.33. The van der Waals surface area contributed by atoms with Crippen molar-refractivity contribution in [3.05, 3.63) is 70.7 Å². The lowest BCUT2D eigenvalue weighted by molar-refractivity contribution is 0.0950. The molecule has 1 aliphatic rings. The number of nitrogens with one attached hydrogen (secondary N) is 1. The highest BCUT2D eigenvalue weighted by Crippen LogP contribution is 2.19. The van der Waals surface area contributed by atoms with Crippen molar-refractivity contribution in [3.63, 3.8) is 0 Å². The van der Waals surface area contributed by atoms with E-state index in [2.05, 4.69) is 32.3 Å². The third-order valence-corrected chi connectivity index (χ3v) is 5.75. The summed E-state index contributed by atoms with van der Waals surface area (Å²) in [7, 11) is 2.14. The number of hydrogen-bond donors (Lipinski definition) is 1. The van der Waals surface area contributed by atoms with Crippen LogP contribution < -0.4 is 15.0 Å². The van der Waals surface area contributed by atoms with Crippen LogP contribution in [0.5, 0.6) is 5.75 Å². The molecule has 0 atom stereocenters. The van der Waals surface area contributed by atoms with Gasteiger partial charge in [0.05, 0.1) is 11.3 Å². The van der Waals surface area contributed by atoms with Crippen LogP contribution in [0.2, 0.25) is 0 Å². The molecule has 8 heteroatoms. The van der Waals surface area contributed by atoms with Gasteiger partial charge >= 0.3 is 0 Å². The maximum Gasteiger partial charge on any atom is 0.251 e. The summed E-state index contributed by atoms with van der Waals surface area (Å²) < 4.78 is 11.0. The van der Waals surface area contributed by atoms with Crippen LogP contribution >= 0.6 is 0 Å². The number of likely N-dealkylation sites (N-methyl/N-ethyl adjacent to an activating group) is 1. The standard InChI is InChI=1S/C24H29N5O3/c1-17-22(18(2)32-27-17)16-31-21-6-4-5-20(13-21)24(30)26-15-19-7-8-23(25-14-19)29-11-9-28(3)10-12-29/h4-8,13-14H,9-12,15-16H2,1-3H3,(H,26,30). The van der Waals surface area contributed by atoms with Crippen molar-refractivity contribution < 1.29 is 14.1 Å². The van der Waals surface area contributed by atoms with E-state index >= 15 is 0 Å². The van der Waals surface area contributed by atoms with E-state index in [0.717, 1.165) is 54.6 Å². The van der Waals surface area contributed by atoms with Crippen LogP contribution in [0, 0.1) is 13.8 Å². The first-order valence-corrected chi connectivity index (χ1v) is 10.8. The average Bonchev–Trinajstić information content (AvgIpc) is 3.14. The molecular weight excluding hydrogens is 406 g/mol. The second kappa shape index (κ2) is 9.82. The zero-order valence-corrected chi connectivity index (χ0v) is 18.8. The van der Waals surface area contributed by atoms with Gasteiger partial charge in [-0.1, -0.05) is 17.3 Å². The Hall–Kier alpha value is -3.39. The minimum absolute atomic E-state index is 0.157. The first-order chi connectivity index (χ1) is 15.5. The van der Waals surface area contributed by atoms with Gasteiger partial charge in [-0.2, -0.15) is 0 Å². The Morgan fingerprint density at radius 3 is 2.66 bits per heavy atom. The lowest BCUT2D eigenvalue weighted by atomic mass is 10.2. The molecule has 0 unspecified atom stereocenters. The first-order valence-electron chi connectivity index (χ1n) is 10.8. The predicted octanol–water partition coefficient (Wildman–Crippen LogP) is 2.95. The number of hydrogen-bond acceptors (Lipinski definition) is 7. The molecule has 0 aliphatic carbocycles. The molecule has 1 N–H and O–H groups in total. The molecule has 3 aromatic rings. The van der Waals surface area contributed by atoms with Crippen LogP contribution in [-0.4, -0.2) is 54.2 Å². The van der Waals surface area contributed by atoms with Gasteiger partial charge in [-0.25, -0.2) is 4.98 Å². The summed E-state index contributed by atoms with van der Waals surface area (Å²) in [6, 6.07) is 11.2. The number of pyridine rings is 1. The summed E-state index contributed by atoms with van der Waals surface area (Å²) in [6.07, 6.45) is 1.83. The van der Waals surface area contributed by atoms with Crippen molar-refractivity contribution in [2.75, 3.05) is 38.1 Å². The Labute approximate surface area is 188 Å². The first kappa shape index (κ1) is 21.8. The van der Waals surface area contributed by atoms with E-state index in [0.29, 0.717) is 24.5 Å². The number of benzene rings is 1. The number of anilines is 1. The molecule has 1 fully saturated rings. The van der Waals surface area contributed by atoms with Gasteiger partial charge in [0.2, 0.25) is 0 Å². The molecule has 4 rings (SSSR count). The molecule has 0 saturated carbocycles. The highest BCUT2D eigenvalue weighted by atomic mass is 16.5. The molecule has 3 heterocycles. The molecule has 2 aromatic heterocycles. The van der Waals surface area contributed by atoms with Gasteiger partial charge in [-0.3, -0.25) is 4.79 Å². The number of carbonyl (C=O) groups is 1. The average molecular weight is 436 g/mol. The molecule has 32 heavy (non-hydrogen) atoms. The second-order valence-electron chi connectivity index (χ2n) is 8.12. The molecule has 0 bridgehead atoms. The van der Waals surface area contributed by atoms with E-state index in [1.54, 1.807) is 12.1 Å². The topological polar surface area (TPSA) is 83.7 Å². The van der Waals surface area contributed by atoms with Gasteiger partial charge in [-0.05, 0) is 50.7 Å². The number of aryl methyl sites for hydroxylation is 2. The molecule has 0 radical (unpaired) electrons. The Bertz CT molecular complexity index is 1040. The Morgan fingerprint density at radius 2 is 1.97 bits per heavy atom. The minimum atomic E-state index is -0.157. The zero-order valence-electron chi connectivity index (χ0n) is 18.8. The summed E-state index contributed by atoms with van der Waals surface area (Å²) in [5, 5.41) is 6.89. The molecule has 0 spiro atoms. The van der Waals surface area contributed by atoms with Gasteiger partial charge < -0.3 is 24.4 Å². The molecule has 1 saturated heterocycles.